The lowest BCUT2D eigenvalue weighted by atomic mass is 10.2. The molecule has 0 radical (unpaired) electrons. The van der Waals surface area contributed by atoms with Crippen LogP contribution in [-0.4, -0.2) is 26.7 Å². The molecule has 2 N–H and O–H groups in total. The highest BCUT2D eigenvalue weighted by molar-refractivity contribution is 6.30. The molecule has 0 spiro atoms. The Hall–Kier alpha value is -1.59. The zero-order valence-electron chi connectivity index (χ0n) is 10.8. The summed E-state index contributed by atoms with van der Waals surface area (Å²) in [6, 6.07) is 5.73. The standard InChI is InChI=1S/C13H17ClN4O/c1-10-7-11(14)3-4-13(10)15-8-12-9-18(17-16-12)5-2-6-19/h3-4,7,9,15,19H,2,5-6,8H2,1H3. The van der Waals surface area contributed by atoms with Crippen molar-refractivity contribution in [2.24, 2.45) is 0 Å². The molecule has 0 bridgehead atoms. The van der Waals surface area contributed by atoms with E-state index in [9.17, 15) is 0 Å². The van der Waals surface area contributed by atoms with Crippen molar-refractivity contribution in [3.63, 3.8) is 0 Å². The Morgan fingerprint density at radius 3 is 3.00 bits per heavy atom. The number of rotatable bonds is 6. The molecule has 0 aliphatic rings. The number of aromatic nitrogens is 3. The van der Waals surface area contributed by atoms with Crippen molar-refractivity contribution in [2.75, 3.05) is 11.9 Å². The van der Waals surface area contributed by atoms with Gasteiger partial charge in [-0.15, -0.1) is 5.10 Å². The molecule has 1 aromatic heterocycles. The molecule has 2 aromatic rings. The van der Waals surface area contributed by atoms with E-state index >= 15 is 0 Å². The van der Waals surface area contributed by atoms with Crippen LogP contribution in [-0.2, 0) is 13.1 Å². The van der Waals surface area contributed by atoms with Gasteiger partial charge in [0.2, 0.25) is 0 Å². The molecular weight excluding hydrogens is 264 g/mol. The van der Waals surface area contributed by atoms with Crippen molar-refractivity contribution in [1.29, 1.82) is 0 Å². The molecular formula is C13H17ClN4O. The first-order valence-corrected chi connectivity index (χ1v) is 6.57. The zero-order valence-corrected chi connectivity index (χ0v) is 11.6. The summed E-state index contributed by atoms with van der Waals surface area (Å²) in [6.07, 6.45) is 2.57. The number of aryl methyl sites for hydroxylation is 2. The van der Waals surface area contributed by atoms with E-state index in [0.717, 1.165) is 22.0 Å². The predicted molar refractivity (Wildman–Crippen MR) is 75.2 cm³/mol. The quantitative estimate of drug-likeness (QED) is 0.852. The Bertz CT molecular complexity index is 541. The maximum atomic E-state index is 8.75. The van der Waals surface area contributed by atoms with Crippen molar-refractivity contribution in [2.45, 2.75) is 26.4 Å². The van der Waals surface area contributed by atoms with Crippen molar-refractivity contribution in [1.82, 2.24) is 15.0 Å². The molecule has 0 saturated carbocycles. The van der Waals surface area contributed by atoms with Crippen LogP contribution in [0.2, 0.25) is 5.02 Å². The maximum Gasteiger partial charge on any atom is 0.102 e. The Balaban J connectivity index is 1.92. The average molecular weight is 281 g/mol. The van der Waals surface area contributed by atoms with E-state index in [0.29, 0.717) is 19.5 Å². The number of aliphatic hydroxyl groups is 1. The lowest BCUT2D eigenvalue weighted by Crippen LogP contribution is -2.01. The second-order valence-corrected chi connectivity index (χ2v) is 4.80. The summed E-state index contributed by atoms with van der Waals surface area (Å²) in [7, 11) is 0. The Morgan fingerprint density at radius 2 is 2.26 bits per heavy atom. The van der Waals surface area contributed by atoms with E-state index < -0.39 is 0 Å². The van der Waals surface area contributed by atoms with Crippen LogP contribution >= 0.6 is 11.6 Å². The molecule has 5 nitrogen and oxygen atoms in total. The van der Waals surface area contributed by atoms with Gasteiger partial charge in [-0.3, -0.25) is 4.68 Å². The minimum atomic E-state index is 0.164. The molecule has 0 aliphatic heterocycles. The minimum absolute atomic E-state index is 0.164. The fraction of sp³-hybridized carbons (Fsp3) is 0.385. The van der Waals surface area contributed by atoms with Crippen LogP contribution in [0.15, 0.2) is 24.4 Å². The van der Waals surface area contributed by atoms with Crippen molar-refractivity contribution >= 4 is 17.3 Å². The molecule has 0 aliphatic carbocycles. The molecule has 2 rings (SSSR count). The average Bonchev–Trinajstić information content (AvgIpc) is 2.83. The number of aliphatic hydroxyl groups excluding tert-OH is 1. The van der Waals surface area contributed by atoms with Crippen LogP contribution in [0.25, 0.3) is 0 Å². The molecule has 102 valence electrons. The minimum Gasteiger partial charge on any atom is -0.396 e. The van der Waals surface area contributed by atoms with E-state index in [4.69, 9.17) is 16.7 Å². The SMILES string of the molecule is Cc1cc(Cl)ccc1NCc1cn(CCCO)nn1. The molecule has 0 fully saturated rings. The molecule has 6 heteroatoms. The number of anilines is 1. The Labute approximate surface area is 117 Å². The van der Waals surface area contributed by atoms with Gasteiger partial charge in [0.25, 0.3) is 0 Å². The van der Waals surface area contributed by atoms with E-state index in [1.54, 1.807) is 4.68 Å². The van der Waals surface area contributed by atoms with Gasteiger partial charge >= 0.3 is 0 Å². The van der Waals surface area contributed by atoms with Crippen LogP contribution in [0.3, 0.4) is 0 Å². The maximum absolute atomic E-state index is 8.75. The van der Waals surface area contributed by atoms with Gasteiger partial charge in [-0.2, -0.15) is 0 Å². The summed E-state index contributed by atoms with van der Waals surface area (Å²) in [5, 5.41) is 20.9. The van der Waals surface area contributed by atoms with Crippen LogP contribution in [0.5, 0.6) is 0 Å². The number of nitrogens with one attached hydrogen (secondary N) is 1. The van der Waals surface area contributed by atoms with Gasteiger partial charge < -0.3 is 10.4 Å². The normalized spacial score (nSPS) is 10.7. The number of benzene rings is 1. The van der Waals surface area contributed by atoms with Gasteiger partial charge in [0.05, 0.1) is 12.7 Å². The van der Waals surface area contributed by atoms with Crippen molar-refractivity contribution in [3.8, 4) is 0 Å². The Kier molecular flexibility index (Phi) is 4.76. The van der Waals surface area contributed by atoms with E-state index in [2.05, 4.69) is 15.6 Å². The number of halogens is 1. The number of nitrogens with zero attached hydrogens (tertiary/aromatic N) is 3. The third-order valence-electron chi connectivity index (χ3n) is 2.78. The first kappa shape index (κ1) is 13.8. The van der Waals surface area contributed by atoms with Crippen LogP contribution in [0.1, 0.15) is 17.7 Å². The topological polar surface area (TPSA) is 63.0 Å². The molecule has 0 unspecified atom stereocenters. The highest BCUT2D eigenvalue weighted by Crippen LogP contribution is 2.19. The molecule has 0 amide bonds. The van der Waals surface area contributed by atoms with E-state index in [1.165, 1.54) is 0 Å². The van der Waals surface area contributed by atoms with Gasteiger partial charge in [-0.25, -0.2) is 0 Å². The second-order valence-electron chi connectivity index (χ2n) is 4.36. The van der Waals surface area contributed by atoms with Crippen molar-refractivity contribution < 1.29 is 5.11 Å². The fourth-order valence-electron chi connectivity index (χ4n) is 1.77. The highest BCUT2D eigenvalue weighted by Gasteiger charge is 2.02. The molecule has 1 heterocycles. The summed E-state index contributed by atoms with van der Waals surface area (Å²) in [6.45, 7) is 3.47. The zero-order chi connectivity index (χ0) is 13.7. The van der Waals surface area contributed by atoms with Crippen molar-refractivity contribution in [3.05, 3.63) is 40.7 Å². The van der Waals surface area contributed by atoms with E-state index in [-0.39, 0.29) is 6.61 Å². The fourth-order valence-corrected chi connectivity index (χ4v) is 2.00. The summed E-state index contributed by atoms with van der Waals surface area (Å²) >= 11 is 5.91. The summed E-state index contributed by atoms with van der Waals surface area (Å²) < 4.78 is 1.74. The Morgan fingerprint density at radius 1 is 1.42 bits per heavy atom. The third kappa shape index (κ3) is 3.94. The number of hydrogen-bond donors (Lipinski definition) is 2. The van der Waals surface area contributed by atoms with Gasteiger partial charge in [0, 0.05) is 23.9 Å². The van der Waals surface area contributed by atoms with Crippen LogP contribution in [0, 0.1) is 6.92 Å². The summed E-state index contributed by atoms with van der Waals surface area (Å²) in [5.41, 5.74) is 3.00. The lowest BCUT2D eigenvalue weighted by molar-refractivity contribution is 0.276. The molecule has 0 saturated heterocycles. The molecule has 1 aromatic carbocycles. The van der Waals surface area contributed by atoms with E-state index in [1.807, 2.05) is 31.3 Å². The van der Waals surface area contributed by atoms with Gasteiger partial charge in [-0.1, -0.05) is 16.8 Å². The first-order valence-electron chi connectivity index (χ1n) is 6.19. The largest absolute Gasteiger partial charge is 0.396 e. The second kappa shape index (κ2) is 6.54. The summed E-state index contributed by atoms with van der Waals surface area (Å²) in [5.74, 6) is 0. The number of hydrogen-bond acceptors (Lipinski definition) is 4. The smallest absolute Gasteiger partial charge is 0.102 e. The third-order valence-corrected chi connectivity index (χ3v) is 3.01. The highest BCUT2D eigenvalue weighted by atomic mass is 35.5. The monoisotopic (exact) mass is 280 g/mol. The molecule has 19 heavy (non-hydrogen) atoms. The molecule has 0 atom stereocenters. The van der Waals surface area contributed by atoms with Crippen LogP contribution in [0.4, 0.5) is 5.69 Å². The van der Waals surface area contributed by atoms with Gasteiger partial charge in [0.1, 0.15) is 5.69 Å². The van der Waals surface area contributed by atoms with Gasteiger partial charge in [0.15, 0.2) is 0 Å². The lowest BCUT2D eigenvalue weighted by Gasteiger charge is -2.07. The van der Waals surface area contributed by atoms with Crippen LogP contribution < -0.4 is 5.32 Å². The predicted octanol–water partition coefficient (Wildman–Crippen LogP) is 2.23. The summed E-state index contributed by atoms with van der Waals surface area (Å²) in [4.78, 5) is 0. The first-order chi connectivity index (χ1) is 9.19. The van der Waals surface area contributed by atoms with Gasteiger partial charge in [-0.05, 0) is 37.1 Å².